The molecule has 0 radical (unpaired) electrons. The fourth-order valence-electron chi connectivity index (χ4n) is 6.51. The molecule has 5 heteroatoms. The summed E-state index contributed by atoms with van der Waals surface area (Å²) in [6.07, 6.45) is 7.55. The number of pyridine rings is 1. The molecule has 1 aliphatic carbocycles. The molecule has 0 saturated heterocycles. The van der Waals surface area contributed by atoms with Crippen molar-refractivity contribution < 1.29 is 0 Å². The fourth-order valence-corrected chi connectivity index (χ4v) is 7.60. The van der Waals surface area contributed by atoms with Crippen LogP contribution in [-0.2, 0) is 0 Å². The molecule has 1 unspecified atom stereocenters. The number of aromatic nitrogens is 4. The maximum absolute atomic E-state index is 5.28. The highest BCUT2D eigenvalue weighted by Gasteiger charge is 2.23. The van der Waals surface area contributed by atoms with E-state index in [2.05, 4.69) is 140 Å². The largest absolute Gasteiger partial charge is 0.237 e. The first-order valence-electron chi connectivity index (χ1n) is 15.8. The van der Waals surface area contributed by atoms with Gasteiger partial charge in [0.05, 0.1) is 5.52 Å². The monoisotopic (exact) mass is 620 g/mol. The van der Waals surface area contributed by atoms with E-state index in [0.717, 1.165) is 50.1 Å². The molecule has 0 N–H and O–H groups in total. The summed E-state index contributed by atoms with van der Waals surface area (Å²) in [7, 11) is 0. The van der Waals surface area contributed by atoms with Crippen LogP contribution in [0.3, 0.4) is 0 Å². The fraction of sp³-hybridized carbons (Fsp3) is 0.0476. The smallest absolute Gasteiger partial charge is 0.165 e. The molecule has 47 heavy (non-hydrogen) atoms. The average molecular weight is 621 g/mol. The van der Waals surface area contributed by atoms with Gasteiger partial charge in [-0.25, -0.2) is 19.9 Å². The van der Waals surface area contributed by atoms with Crippen LogP contribution in [0, 0.1) is 0 Å². The molecule has 0 fully saturated rings. The summed E-state index contributed by atoms with van der Waals surface area (Å²) in [5.74, 6) is 2.14. The van der Waals surface area contributed by atoms with E-state index in [9.17, 15) is 0 Å². The number of para-hydroxylation sites is 1. The Hall–Kier alpha value is -5.78. The molecule has 9 rings (SSSR count). The van der Waals surface area contributed by atoms with Gasteiger partial charge in [-0.1, -0.05) is 140 Å². The lowest BCUT2D eigenvalue weighted by Crippen LogP contribution is -2.09. The predicted octanol–water partition coefficient (Wildman–Crippen LogP) is 10.9. The summed E-state index contributed by atoms with van der Waals surface area (Å²) < 4.78 is 1.20. The summed E-state index contributed by atoms with van der Waals surface area (Å²) in [6, 6.07) is 46.3. The minimum Gasteiger partial charge on any atom is -0.237 e. The standard InChI is InChI=1S/C42H28N4S/c1-3-11-27(12-4-1)29-19-23-31(24-20-29)39-44-40(32-25-21-30(22-26-32)28-13-5-2-6-14-28)46-41(45-39)37-33-15-7-9-17-35(33)43-42-38(37)34-16-8-10-18-36(34)47-42/h1-25,32H,26H2. The molecule has 1 aliphatic rings. The van der Waals surface area contributed by atoms with Crippen LogP contribution in [0.4, 0.5) is 0 Å². The lowest BCUT2D eigenvalue weighted by molar-refractivity contribution is 0.766. The number of benzene rings is 5. The lowest BCUT2D eigenvalue weighted by atomic mass is 9.92. The van der Waals surface area contributed by atoms with Crippen LogP contribution >= 0.6 is 11.3 Å². The molecule has 3 aromatic heterocycles. The van der Waals surface area contributed by atoms with Gasteiger partial charge in [-0.3, -0.25) is 0 Å². The van der Waals surface area contributed by atoms with E-state index >= 15 is 0 Å². The van der Waals surface area contributed by atoms with Crippen LogP contribution in [0.15, 0.2) is 152 Å². The molecule has 5 aromatic carbocycles. The first-order chi connectivity index (χ1) is 23.3. The molecule has 222 valence electrons. The second kappa shape index (κ2) is 11.5. The van der Waals surface area contributed by atoms with Crippen molar-refractivity contribution in [2.75, 3.05) is 0 Å². The summed E-state index contributed by atoms with van der Waals surface area (Å²) in [5, 5.41) is 3.30. The summed E-state index contributed by atoms with van der Waals surface area (Å²) in [6.45, 7) is 0. The lowest BCUT2D eigenvalue weighted by Gasteiger charge is -2.18. The minimum absolute atomic E-state index is 0.0226. The zero-order valence-corrected chi connectivity index (χ0v) is 26.2. The highest BCUT2D eigenvalue weighted by molar-refractivity contribution is 7.25. The SMILES string of the molecule is C1=CC(c2nc(-c3ccc(-c4ccccc4)cc3)nc(-c3c4ccccc4nc4sc5ccccc5c34)n2)CC=C1c1ccccc1. The Morgan fingerprint density at radius 3 is 1.94 bits per heavy atom. The molecule has 0 saturated carbocycles. The van der Waals surface area contributed by atoms with Crippen molar-refractivity contribution in [3.8, 4) is 33.9 Å². The van der Waals surface area contributed by atoms with Crippen LogP contribution < -0.4 is 0 Å². The quantitative estimate of drug-likeness (QED) is 0.192. The van der Waals surface area contributed by atoms with E-state index < -0.39 is 0 Å². The summed E-state index contributed by atoms with van der Waals surface area (Å²) in [4.78, 5) is 21.7. The number of thiophene rings is 1. The molecule has 4 nitrogen and oxygen atoms in total. The van der Waals surface area contributed by atoms with Crippen LogP contribution in [0.1, 0.15) is 23.7 Å². The average Bonchev–Trinajstić information content (AvgIpc) is 3.52. The number of hydrogen-bond acceptors (Lipinski definition) is 5. The Morgan fingerprint density at radius 1 is 0.532 bits per heavy atom. The van der Waals surface area contributed by atoms with Crippen molar-refractivity contribution in [2.24, 2.45) is 0 Å². The van der Waals surface area contributed by atoms with Crippen LogP contribution in [0.25, 0.3) is 70.7 Å². The van der Waals surface area contributed by atoms with Gasteiger partial charge in [0, 0.05) is 37.9 Å². The number of rotatable bonds is 5. The van der Waals surface area contributed by atoms with Gasteiger partial charge in [-0.15, -0.1) is 11.3 Å². The van der Waals surface area contributed by atoms with E-state index in [1.165, 1.54) is 26.8 Å². The molecule has 1 atom stereocenters. The molecular formula is C42H28N4S. The van der Waals surface area contributed by atoms with Crippen LogP contribution in [0.2, 0.25) is 0 Å². The Kier molecular flexibility index (Phi) is 6.76. The molecule has 0 bridgehead atoms. The Balaban J connectivity index is 1.24. The molecular weight excluding hydrogens is 593 g/mol. The number of nitrogens with zero attached hydrogens (tertiary/aromatic N) is 4. The maximum Gasteiger partial charge on any atom is 0.165 e. The van der Waals surface area contributed by atoms with E-state index in [0.29, 0.717) is 11.6 Å². The van der Waals surface area contributed by atoms with E-state index in [4.69, 9.17) is 19.9 Å². The molecule has 8 aromatic rings. The Labute approximate surface area is 276 Å². The van der Waals surface area contributed by atoms with Gasteiger partial charge in [0.2, 0.25) is 0 Å². The van der Waals surface area contributed by atoms with E-state index in [1.54, 1.807) is 11.3 Å². The topological polar surface area (TPSA) is 51.6 Å². The predicted molar refractivity (Wildman–Crippen MR) is 195 cm³/mol. The van der Waals surface area contributed by atoms with Crippen molar-refractivity contribution in [1.82, 2.24) is 19.9 Å². The zero-order chi connectivity index (χ0) is 31.2. The molecule has 3 heterocycles. The van der Waals surface area contributed by atoms with Crippen molar-refractivity contribution >= 4 is 48.1 Å². The minimum atomic E-state index is 0.0226. The second-order valence-electron chi connectivity index (χ2n) is 11.8. The molecule has 0 spiro atoms. The van der Waals surface area contributed by atoms with Crippen molar-refractivity contribution in [3.63, 3.8) is 0 Å². The Morgan fingerprint density at radius 2 is 1.17 bits per heavy atom. The third kappa shape index (κ3) is 5.02. The highest BCUT2D eigenvalue weighted by atomic mass is 32.1. The van der Waals surface area contributed by atoms with Gasteiger partial charge in [0.15, 0.2) is 11.6 Å². The maximum atomic E-state index is 5.28. The normalized spacial score (nSPS) is 14.6. The third-order valence-electron chi connectivity index (χ3n) is 8.89. The van der Waals surface area contributed by atoms with Crippen molar-refractivity contribution in [2.45, 2.75) is 12.3 Å². The summed E-state index contributed by atoms with van der Waals surface area (Å²) >= 11 is 1.71. The van der Waals surface area contributed by atoms with Gasteiger partial charge in [0.1, 0.15) is 10.7 Å². The van der Waals surface area contributed by atoms with Gasteiger partial charge in [-0.05, 0) is 40.8 Å². The number of allylic oxidation sites excluding steroid dienone is 4. The summed E-state index contributed by atoms with van der Waals surface area (Å²) in [5.41, 5.74) is 7.68. The van der Waals surface area contributed by atoms with E-state index in [1.807, 2.05) is 12.1 Å². The first kappa shape index (κ1) is 27.5. The molecule has 0 amide bonds. The first-order valence-corrected chi connectivity index (χ1v) is 16.7. The zero-order valence-electron chi connectivity index (χ0n) is 25.4. The molecule has 0 aliphatic heterocycles. The van der Waals surface area contributed by atoms with Gasteiger partial charge in [-0.2, -0.15) is 0 Å². The van der Waals surface area contributed by atoms with Crippen molar-refractivity contribution in [3.05, 3.63) is 163 Å². The Bertz CT molecular complexity index is 2480. The van der Waals surface area contributed by atoms with Gasteiger partial charge < -0.3 is 0 Å². The number of fused-ring (bicyclic) bond motifs is 4. The number of hydrogen-bond donors (Lipinski definition) is 0. The van der Waals surface area contributed by atoms with E-state index in [-0.39, 0.29) is 5.92 Å². The van der Waals surface area contributed by atoms with Crippen molar-refractivity contribution in [1.29, 1.82) is 0 Å². The van der Waals surface area contributed by atoms with Crippen LogP contribution in [-0.4, -0.2) is 19.9 Å². The third-order valence-corrected chi connectivity index (χ3v) is 9.95. The van der Waals surface area contributed by atoms with Gasteiger partial charge in [0.25, 0.3) is 0 Å². The second-order valence-corrected chi connectivity index (χ2v) is 12.8. The highest BCUT2D eigenvalue weighted by Crippen LogP contribution is 2.42. The van der Waals surface area contributed by atoms with Crippen LogP contribution in [0.5, 0.6) is 0 Å². The van der Waals surface area contributed by atoms with Gasteiger partial charge >= 0.3 is 0 Å².